The van der Waals surface area contributed by atoms with Crippen LogP contribution in [-0.4, -0.2) is 41.8 Å². The number of hydrogen-bond donors (Lipinski definition) is 0. The minimum atomic E-state index is -3.97. The van der Waals surface area contributed by atoms with E-state index in [-0.39, 0.29) is 4.90 Å². The van der Waals surface area contributed by atoms with Crippen molar-refractivity contribution in [3.05, 3.63) is 48.5 Å². The number of hydrogen-bond acceptors (Lipinski definition) is 6. The van der Waals surface area contributed by atoms with Crippen LogP contribution in [0.15, 0.2) is 53.4 Å². The Bertz CT molecular complexity index is 831. The van der Waals surface area contributed by atoms with E-state index in [0.29, 0.717) is 23.8 Å². The summed E-state index contributed by atoms with van der Waals surface area (Å²) in [6.45, 7) is 1.90. The first-order valence-corrected chi connectivity index (χ1v) is 9.32. The molecule has 0 aliphatic rings. The van der Waals surface area contributed by atoms with E-state index >= 15 is 0 Å². The third-order valence-corrected chi connectivity index (χ3v) is 5.37. The molecule has 2 rings (SSSR count). The van der Waals surface area contributed by atoms with E-state index in [4.69, 9.17) is 9.47 Å². The number of carbonyl (C=O) groups is 1. The van der Waals surface area contributed by atoms with Crippen LogP contribution in [0.3, 0.4) is 0 Å². The monoisotopic (exact) mass is 379 g/mol. The molecule has 0 aliphatic carbocycles. The van der Waals surface area contributed by atoms with Crippen LogP contribution in [0.25, 0.3) is 0 Å². The zero-order valence-electron chi connectivity index (χ0n) is 14.8. The maximum absolute atomic E-state index is 13.0. The molecule has 0 radical (unpaired) electrons. The summed E-state index contributed by atoms with van der Waals surface area (Å²) in [5, 5.41) is 0. The standard InChI is InChI=1S/C18H21NO6S/c1-4-25-16-7-5-14(6-8-16)19(13-18(20)24-3)26(21,22)17-11-9-15(23-2)10-12-17/h5-12H,4,13H2,1-3H3. The van der Waals surface area contributed by atoms with Crippen molar-refractivity contribution in [2.75, 3.05) is 31.7 Å². The summed E-state index contributed by atoms with van der Waals surface area (Å²) in [6, 6.07) is 12.4. The maximum Gasteiger partial charge on any atom is 0.326 e. The first kappa shape index (κ1) is 19.6. The lowest BCUT2D eigenvalue weighted by atomic mass is 10.3. The van der Waals surface area contributed by atoms with Gasteiger partial charge in [0.1, 0.15) is 18.0 Å². The van der Waals surface area contributed by atoms with E-state index < -0.39 is 22.5 Å². The molecular formula is C18H21NO6S. The number of methoxy groups -OCH3 is 2. The van der Waals surface area contributed by atoms with E-state index in [1.165, 1.54) is 26.4 Å². The zero-order chi connectivity index (χ0) is 19.2. The summed E-state index contributed by atoms with van der Waals surface area (Å²) < 4.78 is 42.1. The van der Waals surface area contributed by atoms with Gasteiger partial charge in [-0.2, -0.15) is 0 Å². The Labute approximate surface area is 153 Å². The normalized spacial score (nSPS) is 10.9. The number of anilines is 1. The first-order chi connectivity index (χ1) is 12.4. The van der Waals surface area contributed by atoms with Gasteiger partial charge in [-0.1, -0.05) is 0 Å². The summed E-state index contributed by atoms with van der Waals surface area (Å²) in [5.74, 6) is 0.469. The fourth-order valence-corrected chi connectivity index (χ4v) is 3.66. The number of esters is 1. The molecule has 0 bridgehead atoms. The van der Waals surface area contributed by atoms with Gasteiger partial charge in [-0.3, -0.25) is 9.10 Å². The Balaban J connectivity index is 2.43. The van der Waals surface area contributed by atoms with Gasteiger partial charge in [0.2, 0.25) is 0 Å². The molecule has 2 aromatic rings. The molecule has 0 heterocycles. The summed E-state index contributed by atoms with van der Waals surface area (Å²) in [7, 11) is -1.27. The average Bonchev–Trinajstić information content (AvgIpc) is 2.66. The third-order valence-electron chi connectivity index (χ3n) is 3.58. The van der Waals surface area contributed by atoms with Gasteiger partial charge in [0, 0.05) is 0 Å². The van der Waals surface area contributed by atoms with Crippen molar-refractivity contribution in [2.24, 2.45) is 0 Å². The van der Waals surface area contributed by atoms with Gasteiger partial charge in [0.25, 0.3) is 10.0 Å². The maximum atomic E-state index is 13.0. The number of nitrogens with zero attached hydrogens (tertiary/aromatic N) is 1. The predicted molar refractivity (Wildman–Crippen MR) is 97.2 cm³/mol. The minimum absolute atomic E-state index is 0.0380. The molecule has 0 aromatic heterocycles. The van der Waals surface area contributed by atoms with Gasteiger partial charge in [-0.05, 0) is 55.5 Å². The number of sulfonamides is 1. The summed E-state index contributed by atoms with van der Waals surface area (Å²) >= 11 is 0. The second kappa shape index (κ2) is 8.57. The molecule has 0 aliphatic heterocycles. The Morgan fingerprint density at radius 1 is 0.962 bits per heavy atom. The van der Waals surface area contributed by atoms with Crippen LogP contribution in [0.5, 0.6) is 11.5 Å². The van der Waals surface area contributed by atoms with E-state index in [2.05, 4.69) is 4.74 Å². The Morgan fingerprint density at radius 2 is 1.54 bits per heavy atom. The van der Waals surface area contributed by atoms with Gasteiger partial charge in [0.05, 0.1) is 31.4 Å². The number of ether oxygens (including phenoxy) is 3. The van der Waals surface area contributed by atoms with Gasteiger partial charge < -0.3 is 14.2 Å². The van der Waals surface area contributed by atoms with E-state index in [1.54, 1.807) is 36.4 Å². The van der Waals surface area contributed by atoms with Crippen molar-refractivity contribution in [3.63, 3.8) is 0 Å². The molecule has 8 heteroatoms. The first-order valence-electron chi connectivity index (χ1n) is 7.88. The van der Waals surface area contributed by atoms with Crippen molar-refractivity contribution in [1.29, 1.82) is 0 Å². The van der Waals surface area contributed by atoms with Crippen molar-refractivity contribution in [3.8, 4) is 11.5 Å². The molecule has 0 saturated carbocycles. The molecule has 0 fully saturated rings. The highest BCUT2D eigenvalue weighted by atomic mass is 32.2. The highest BCUT2D eigenvalue weighted by molar-refractivity contribution is 7.92. The van der Waals surface area contributed by atoms with Crippen molar-refractivity contribution in [2.45, 2.75) is 11.8 Å². The molecule has 140 valence electrons. The van der Waals surface area contributed by atoms with Gasteiger partial charge in [0.15, 0.2) is 0 Å². The Kier molecular flexibility index (Phi) is 6.46. The summed E-state index contributed by atoms with van der Waals surface area (Å²) in [5.41, 5.74) is 0.328. The molecule has 0 N–H and O–H groups in total. The molecule has 7 nitrogen and oxygen atoms in total. The SMILES string of the molecule is CCOc1ccc(N(CC(=O)OC)S(=O)(=O)c2ccc(OC)cc2)cc1. The molecular weight excluding hydrogens is 358 g/mol. The third kappa shape index (κ3) is 4.45. The molecule has 26 heavy (non-hydrogen) atoms. The van der Waals surface area contributed by atoms with Crippen LogP contribution in [0.4, 0.5) is 5.69 Å². The number of carbonyl (C=O) groups excluding carboxylic acids is 1. The highest BCUT2D eigenvalue weighted by Gasteiger charge is 2.27. The lowest BCUT2D eigenvalue weighted by Crippen LogP contribution is -2.36. The molecule has 0 amide bonds. The fourth-order valence-electron chi connectivity index (χ4n) is 2.25. The molecule has 2 aromatic carbocycles. The van der Waals surface area contributed by atoms with Gasteiger partial charge >= 0.3 is 5.97 Å². The topological polar surface area (TPSA) is 82.1 Å². The van der Waals surface area contributed by atoms with Gasteiger partial charge in [-0.25, -0.2) is 8.42 Å². The molecule has 0 spiro atoms. The average molecular weight is 379 g/mol. The smallest absolute Gasteiger partial charge is 0.326 e. The quantitative estimate of drug-likeness (QED) is 0.656. The van der Waals surface area contributed by atoms with Crippen molar-refractivity contribution in [1.82, 2.24) is 0 Å². The summed E-state index contributed by atoms with van der Waals surface area (Å²) in [6.07, 6.45) is 0. The van der Waals surface area contributed by atoms with Crippen LogP contribution >= 0.6 is 0 Å². The second-order valence-corrected chi connectivity index (χ2v) is 7.05. The lowest BCUT2D eigenvalue weighted by molar-refractivity contribution is -0.138. The van der Waals surface area contributed by atoms with E-state index in [0.717, 1.165) is 4.31 Å². The largest absolute Gasteiger partial charge is 0.497 e. The second-order valence-electron chi connectivity index (χ2n) is 5.19. The molecule has 0 unspecified atom stereocenters. The van der Waals surface area contributed by atoms with E-state index in [1.807, 2.05) is 6.92 Å². The van der Waals surface area contributed by atoms with E-state index in [9.17, 15) is 13.2 Å². The summed E-state index contributed by atoms with van der Waals surface area (Å²) in [4.78, 5) is 11.8. The lowest BCUT2D eigenvalue weighted by Gasteiger charge is -2.23. The predicted octanol–water partition coefficient (Wildman–Crippen LogP) is 2.46. The number of rotatable bonds is 8. The van der Waals surface area contributed by atoms with Crippen LogP contribution in [-0.2, 0) is 19.6 Å². The van der Waals surface area contributed by atoms with Crippen LogP contribution in [0.2, 0.25) is 0 Å². The molecule has 0 atom stereocenters. The highest BCUT2D eigenvalue weighted by Crippen LogP contribution is 2.27. The zero-order valence-corrected chi connectivity index (χ0v) is 15.7. The number of benzene rings is 2. The Morgan fingerprint density at radius 3 is 2.04 bits per heavy atom. The van der Waals surface area contributed by atoms with Crippen LogP contribution in [0.1, 0.15) is 6.92 Å². The van der Waals surface area contributed by atoms with Crippen molar-refractivity contribution < 1.29 is 27.4 Å². The Hall–Kier alpha value is -2.74. The van der Waals surface area contributed by atoms with Crippen LogP contribution in [0, 0.1) is 0 Å². The van der Waals surface area contributed by atoms with Crippen LogP contribution < -0.4 is 13.8 Å². The van der Waals surface area contributed by atoms with Crippen molar-refractivity contribution >= 4 is 21.7 Å². The van der Waals surface area contributed by atoms with Gasteiger partial charge in [-0.15, -0.1) is 0 Å². The molecule has 0 saturated heterocycles. The fraction of sp³-hybridized carbons (Fsp3) is 0.278. The minimum Gasteiger partial charge on any atom is -0.497 e.